The van der Waals surface area contributed by atoms with E-state index in [0.717, 1.165) is 0 Å². The van der Waals surface area contributed by atoms with E-state index < -0.39 is 24.1 Å². The number of nitrogens with zero attached hydrogens (tertiary/aromatic N) is 5. The highest BCUT2D eigenvalue weighted by molar-refractivity contribution is 5.46. The van der Waals surface area contributed by atoms with Crippen LogP contribution in [0.25, 0.3) is 5.65 Å². The Hall–Kier alpha value is -2.07. The lowest BCUT2D eigenvalue weighted by molar-refractivity contribution is -0.176. The average Bonchev–Trinajstić information content (AvgIpc) is 2.89. The second kappa shape index (κ2) is 5.24. The van der Waals surface area contributed by atoms with Crippen LogP contribution in [0.5, 0.6) is 0 Å². The minimum Gasteiger partial charge on any atom is -0.355 e. The predicted octanol–water partition coefficient (Wildman–Crippen LogP) is 2.92. The highest BCUT2D eigenvalue weighted by Crippen LogP contribution is 2.34. The van der Waals surface area contributed by atoms with Gasteiger partial charge in [0.05, 0.1) is 5.92 Å². The molecule has 0 spiro atoms. The molecule has 1 atom stereocenters. The molecule has 2 aromatic rings. The second-order valence-corrected chi connectivity index (χ2v) is 5.31. The van der Waals surface area contributed by atoms with Gasteiger partial charge in [-0.25, -0.2) is 0 Å². The van der Waals surface area contributed by atoms with Gasteiger partial charge >= 0.3 is 12.4 Å². The molecule has 3 rings (SSSR count). The van der Waals surface area contributed by atoms with Crippen LogP contribution in [-0.2, 0) is 6.18 Å². The van der Waals surface area contributed by atoms with Crippen LogP contribution in [0, 0.1) is 5.92 Å². The quantitative estimate of drug-likeness (QED) is 0.750. The number of rotatable bonds is 1. The standard InChI is InChI=1S/C12H11F6N5/c13-11(14,15)7-2-1-5-22(6-7)9-4-3-8-19-20-10(12(16,17)18)23(8)21-9/h3-4,7H,1-2,5-6H2/t7-/m1/s1. The minimum absolute atomic E-state index is 0.00266. The Morgan fingerprint density at radius 2 is 1.78 bits per heavy atom. The van der Waals surface area contributed by atoms with Gasteiger partial charge < -0.3 is 4.90 Å². The molecule has 1 aliphatic heterocycles. The molecule has 0 aromatic carbocycles. The lowest BCUT2D eigenvalue weighted by atomic mass is 9.97. The van der Waals surface area contributed by atoms with Crippen molar-refractivity contribution in [2.24, 2.45) is 5.92 Å². The molecule has 3 heterocycles. The fourth-order valence-corrected chi connectivity index (χ4v) is 2.58. The predicted molar refractivity (Wildman–Crippen MR) is 66.8 cm³/mol. The van der Waals surface area contributed by atoms with E-state index >= 15 is 0 Å². The summed E-state index contributed by atoms with van der Waals surface area (Å²) in [5.41, 5.74) is -0.120. The summed E-state index contributed by atoms with van der Waals surface area (Å²) >= 11 is 0. The smallest absolute Gasteiger partial charge is 0.355 e. The van der Waals surface area contributed by atoms with Crippen molar-refractivity contribution >= 4 is 11.5 Å². The van der Waals surface area contributed by atoms with Crippen LogP contribution in [0.1, 0.15) is 18.7 Å². The monoisotopic (exact) mass is 339 g/mol. The van der Waals surface area contributed by atoms with E-state index in [1.54, 1.807) is 0 Å². The summed E-state index contributed by atoms with van der Waals surface area (Å²) in [6.45, 7) is -0.0277. The Kier molecular flexibility index (Phi) is 3.60. The maximum absolute atomic E-state index is 12.8. The minimum atomic E-state index is -4.75. The van der Waals surface area contributed by atoms with E-state index in [9.17, 15) is 26.3 Å². The molecule has 5 nitrogen and oxygen atoms in total. The molecular formula is C12H11F6N5. The van der Waals surface area contributed by atoms with Crippen molar-refractivity contribution in [3.63, 3.8) is 0 Å². The highest BCUT2D eigenvalue weighted by Gasteiger charge is 2.42. The maximum Gasteiger partial charge on any atom is 0.453 e. The molecule has 0 radical (unpaired) electrons. The van der Waals surface area contributed by atoms with E-state index in [-0.39, 0.29) is 30.9 Å². The van der Waals surface area contributed by atoms with Gasteiger partial charge in [-0.3, -0.25) is 0 Å². The summed E-state index contributed by atoms with van der Waals surface area (Å²) in [7, 11) is 0. The lowest BCUT2D eigenvalue weighted by Gasteiger charge is -2.34. The average molecular weight is 339 g/mol. The first-order valence-electron chi connectivity index (χ1n) is 6.77. The summed E-state index contributed by atoms with van der Waals surface area (Å²) in [6.07, 6.45) is -8.79. The molecule has 126 valence electrons. The Balaban J connectivity index is 1.94. The Morgan fingerprint density at radius 3 is 2.43 bits per heavy atom. The number of aromatic nitrogens is 4. The fourth-order valence-electron chi connectivity index (χ4n) is 2.58. The molecule has 0 aliphatic carbocycles. The number of halogens is 6. The third kappa shape index (κ3) is 3.04. The SMILES string of the molecule is FC(F)(F)c1nnc2ccc(N3CCC[C@@H](C(F)(F)F)C3)nn12. The Bertz CT molecular complexity index is 706. The number of piperidine rings is 1. The fraction of sp³-hybridized carbons (Fsp3) is 0.583. The summed E-state index contributed by atoms with van der Waals surface area (Å²) in [4.78, 5) is 1.33. The van der Waals surface area contributed by atoms with Gasteiger partial charge in [0.1, 0.15) is 5.82 Å². The van der Waals surface area contributed by atoms with Crippen molar-refractivity contribution in [3.8, 4) is 0 Å². The second-order valence-electron chi connectivity index (χ2n) is 5.31. The van der Waals surface area contributed by atoms with Crippen molar-refractivity contribution in [1.29, 1.82) is 0 Å². The van der Waals surface area contributed by atoms with Crippen molar-refractivity contribution in [2.75, 3.05) is 18.0 Å². The number of alkyl halides is 6. The van der Waals surface area contributed by atoms with Crippen molar-refractivity contribution in [1.82, 2.24) is 19.8 Å². The first-order chi connectivity index (χ1) is 10.7. The number of hydrogen-bond donors (Lipinski definition) is 0. The van der Waals surface area contributed by atoms with Crippen molar-refractivity contribution < 1.29 is 26.3 Å². The van der Waals surface area contributed by atoms with Crippen LogP contribution in [-0.4, -0.2) is 39.1 Å². The molecule has 23 heavy (non-hydrogen) atoms. The zero-order valence-electron chi connectivity index (χ0n) is 11.6. The first kappa shape index (κ1) is 15.8. The normalized spacial score (nSPS) is 20.3. The third-order valence-electron chi connectivity index (χ3n) is 3.71. The van der Waals surface area contributed by atoms with E-state index in [1.165, 1.54) is 17.0 Å². The largest absolute Gasteiger partial charge is 0.453 e. The highest BCUT2D eigenvalue weighted by atomic mass is 19.4. The molecule has 1 saturated heterocycles. The number of fused-ring (bicyclic) bond motifs is 1. The summed E-state index contributed by atoms with van der Waals surface area (Å²) in [6, 6.07) is 2.60. The van der Waals surface area contributed by atoms with Crippen LogP contribution in [0.3, 0.4) is 0 Å². The molecule has 1 aliphatic rings. The summed E-state index contributed by atoms with van der Waals surface area (Å²) in [5, 5.41) is 10.2. The van der Waals surface area contributed by atoms with Gasteiger partial charge in [-0.2, -0.15) is 30.9 Å². The lowest BCUT2D eigenvalue weighted by Crippen LogP contribution is -2.42. The van der Waals surface area contributed by atoms with Gasteiger partial charge in [0.15, 0.2) is 5.65 Å². The third-order valence-corrected chi connectivity index (χ3v) is 3.71. The zero-order valence-corrected chi connectivity index (χ0v) is 11.6. The molecule has 11 heteroatoms. The van der Waals surface area contributed by atoms with Crippen LogP contribution in [0.2, 0.25) is 0 Å². The summed E-state index contributed by atoms with van der Waals surface area (Å²) in [5.74, 6) is -2.78. The Morgan fingerprint density at radius 1 is 1.04 bits per heavy atom. The van der Waals surface area contributed by atoms with Crippen LogP contribution in [0.15, 0.2) is 12.1 Å². The molecule has 0 unspecified atom stereocenters. The summed E-state index contributed by atoms with van der Waals surface area (Å²) < 4.78 is 77.5. The molecule has 1 fully saturated rings. The van der Waals surface area contributed by atoms with Crippen molar-refractivity contribution in [2.45, 2.75) is 25.2 Å². The van der Waals surface area contributed by atoms with Crippen LogP contribution >= 0.6 is 0 Å². The molecule has 0 amide bonds. The van der Waals surface area contributed by atoms with Gasteiger partial charge in [0.2, 0.25) is 0 Å². The van der Waals surface area contributed by atoms with E-state index in [2.05, 4.69) is 15.3 Å². The van der Waals surface area contributed by atoms with Gasteiger partial charge in [0, 0.05) is 13.1 Å². The van der Waals surface area contributed by atoms with Gasteiger partial charge in [-0.15, -0.1) is 15.3 Å². The van der Waals surface area contributed by atoms with Crippen molar-refractivity contribution in [3.05, 3.63) is 18.0 Å². The van der Waals surface area contributed by atoms with E-state index in [4.69, 9.17) is 0 Å². The topological polar surface area (TPSA) is 46.3 Å². The van der Waals surface area contributed by atoms with Crippen LogP contribution in [0.4, 0.5) is 32.2 Å². The first-order valence-corrected chi connectivity index (χ1v) is 6.77. The van der Waals surface area contributed by atoms with E-state index in [1.807, 2.05) is 0 Å². The number of hydrogen-bond acceptors (Lipinski definition) is 4. The Labute approximate surface area is 125 Å². The molecular weight excluding hydrogens is 328 g/mol. The van der Waals surface area contributed by atoms with Crippen LogP contribution < -0.4 is 4.90 Å². The molecule has 0 bridgehead atoms. The zero-order chi connectivity index (χ0) is 16.8. The molecule has 2 aromatic heterocycles. The number of anilines is 1. The van der Waals surface area contributed by atoms with Gasteiger partial charge in [-0.1, -0.05) is 0 Å². The molecule has 0 saturated carbocycles. The van der Waals surface area contributed by atoms with E-state index in [0.29, 0.717) is 11.1 Å². The van der Waals surface area contributed by atoms with Gasteiger partial charge in [0.25, 0.3) is 5.82 Å². The maximum atomic E-state index is 12.8. The molecule has 0 N–H and O–H groups in total. The van der Waals surface area contributed by atoms with Gasteiger partial charge in [-0.05, 0) is 25.0 Å².